The van der Waals surface area contributed by atoms with Crippen molar-refractivity contribution in [3.05, 3.63) is 11.8 Å². The van der Waals surface area contributed by atoms with Crippen LogP contribution >= 0.6 is 0 Å². The summed E-state index contributed by atoms with van der Waals surface area (Å²) in [4.78, 5) is 40.6. The van der Waals surface area contributed by atoms with Crippen molar-refractivity contribution >= 4 is 17.8 Å². The van der Waals surface area contributed by atoms with Gasteiger partial charge in [0.25, 0.3) is 0 Å². The highest BCUT2D eigenvalue weighted by atomic mass is 16.5. The van der Waals surface area contributed by atoms with Crippen molar-refractivity contribution in [1.82, 2.24) is 10.2 Å². The van der Waals surface area contributed by atoms with Crippen molar-refractivity contribution in [2.45, 2.75) is 84.5 Å². The third kappa shape index (κ3) is 6.35. The highest BCUT2D eigenvalue weighted by molar-refractivity contribution is 5.92. The van der Waals surface area contributed by atoms with E-state index in [4.69, 9.17) is 11.2 Å². The minimum atomic E-state index is -0.832. The number of unbranched alkanes of at least 4 members (excludes halogenated alkanes) is 5. The molecule has 1 aliphatic carbocycles. The molecule has 6 heteroatoms. The van der Waals surface area contributed by atoms with Crippen molar-refractivity contribution in [2.24, 2.45) is 11.3 Å². The Morgan fingerprint density at radius 2 is 2.00 bits per heavy atom. The summed E-state index contributed by atoms with van der Waals surface area (Å²) in [6, 6.07) is 0. The maximum atomic E-state index is 13.4. The zero-order valence-corrected chi connectivity index (χ0v) is 19.2. The molecule has 0 unspecified atom stereocenters. The zero-order chi connectivity index (χ0) is 22.7. The summed E-state index contributed by atoms with van der Waals surface area (Å²) in [6.45, 7) is 5.01. The molecular weight excluding hydrogens is 392 g/mol. The number of carbonyl (C=O) groups excluding carboxylic acids is 3. The molecule has 1 fully saturated rings. The van der Waals surface area contributed by atoms with E-state index in [1.165, 1.54) is 19.3 Å². The first kappa shape index (κ1) is 25.0. The summed E-state index contributed by atoms with van der Waals surface area (Å²) >= 11 is 0. The quantitative estimate of drug-likeness (QED) is 0.289. The summed E-state index contributed by atoms with van der Waals surface area (Å²) in [7, 11) is 0. The van der Waals surface area contributed by atoms with E-state index in [1.54, 1.807) is 11.8 Å². The lowest BCUT2D eigenvalue weighted by molar-refractivity contribution is -0.162. The van der Waals surface area contributed by atoms with Gasteiger partial charge in [-0.1, -0.05) is 51.0 Å². The van der Waals surface area contributed by atoms with Crippen LogP contribution in [0.25, 0.3) is 0 Å². The fourth-order valence-corrected chi connectivity index (χ4v) is 4.83. The Hall–Kier alpha value is -2.29. The molecule has 1 aliphatic heterocycles. The number of terminal acetylenes is 1. The maximum Gasteiger partial charge on any atom is 0.318 e. The van der Waals surface area contributed by atoms with Crippen LogP contribution in [0.2, 0.25) is 0 Å². The standard InChI is InChI=1S/C25H38N2O4/c1-4-7-8-9-10-13-17-27-21-14-11-12-15-25(21,24(30)31-6-3)19-20(23(27)29)18-22(28)26-16-5-2/h2,14,20H,4,6-13,15-19H2,1,3H3,(H,26,28)/t20-,25-/m0/s1. The molecule has 0 radical (unpaired) electrons. The zero-order valence-electron chi connectivity index (χ0n) is 19.2. The lowest BCUT2D eigenvalue weighted by atomic mass is 9.66. The van der Waals surface area contributed by atoms with E-state index >= 15 is 0 Å². The number of likely N-dealkylation sites (tertiary alicyclic amines) is 1. The van der Waals surface area contributed by atoms with E-state index in [2.05, 4.69) is 18.2 Å². The van der Waals surface area contributed by atoms with Crippen LogP contribution in [0.5, 0.6) is 0 Å². The number of amides is 2. The fourth-order valence-electron chi connectivity index (χ4n) is 4.83. The number of ether oxygens (including phenoxy) is 1. The van der Waals surface area contributed by atoms with Crippen molar-refractivity contribution in [2.75, 3.05) is 19.7 Å². The minimum Gasteiger partial charge on any atom is -0.465 e. The van der Waals surface area contributed by atoms with Gasteiger partial charge in [-0.3, -0.25) is 14.4 Å². The molecule has 0 bridgehead atoms. The Morgan fingerprint density at radius 1 is 1.26 bits per heavy atom. The van der Waals surface area contributed by atoms with Crippen LogP contribution in [0, 0.1) is 23.7 Å². The highest BCUT2D eigenvalue weighted by Gasteiger charge is 2.54. The summed E-state index contributed by atoms with van der Waals surface area (Å²) in [5.74, 6) is 1.26. The molecule has 31 heavy (non-hydrogen) atoms. The van der Waals surface area contributed by atoms with E-state index < -0.39 is 11.3 Å². The number of hydrogen-bond acceptors (Lipinski definition) is 4. The largest absolute Gasteiger partial charge is 0.465 e. The van der Waals surface area contributed by atoms with E-state index in [0.29, 0.717) is 26.0 Å². The van der Waals surface area contributed by atoms with E-state index in [-0.39, 0.29) is 30.7 Å². The topological polar surface area (TPSA) is 75.7 Å². The predicted molar refractivity (Wildman–Crippen MR) is 121 cm³/mol. The van der Waals surface area contributed by atoms with Crippen LogP contribution in [0.4, 0.5) is 0 Å². The molecule has 2 amide bonds. The van der Waals surface area contributed by atoms with Crippen LogP contribution in [0.15, 0.2) is 11.8 Å². The number of allylic oxidation sites excluding steroid dienone is 1. The summed E-state index contributed by atoms with van der Waals surface area (Å²) in [6.07, 6.45) is 16.7. The van der Waals surface area contributed by atoms with Crippen LogP contribution in [0.1, 0.15) is 84.5 Å². The first-order chi connectivity index (χ1) is 15.0. The first-order valence-electron chi connectivity index (χ1n) is 11.9. The van der Waals surface area contributed by atoms with Gasteiger partial charge in [0.1, 0.15) is 5.41 Å². The molecule has 0 spiro atoms. The van der Waals surface area contributed by atoms with Crippen molar-refractivity contribution in [3.8, 4) is 12.3 Å². The van der Waals surface area contributed by atoms with Gasteiger partial charge in [0, 0.05) is 24.6 Å². The molecular formula is C25H38N2O4. The Bertz CT molecular complexity index is 709. The minimum absolute atomic E-state index is 0.0436. The molecule has 2 rings (SSSR count). The number of hydrogen-bond donors (Lipinski definition) is 1. The molecule has 0 saturated carbocycles. The SMILES string of the molecule is C#CCNC(=O)C[C@H]1C[C@@]2(C(=O)OCC)CCCC=C2N(CCCCCCCC)C1=O. The molecule has 2 atom stereocenters. The van der Waals surface area contributed by atoms with E-state index in [1.807, 2.05) is 6.08 Å². The first-order valence-corrected chi connectivity index (χ1v) is 11.9. The van der Waals surface area contributed by atoms with Gasteiger partial charge in [-0.05, 0) is 39.0 Å². The summed E-state index contributed by atoms with van der Waals surface area (Å²) in [5, 5.41) is 2.65. The molecule has 0 aromatic carbocycles. The number of nitrogens with zero attached hydrogens (tertiary/aromatic N) is 1. The third-order valence-corrected chi connectivity index (χ3v) is 6.36. The Morgan fingerprint density at radius 3 is 2.71 bits per heavy atom. The van der Waals surface area contributed by atoms with Crippen molar-refractivity contribution in [1.29, 1.82) is 0 Å². The molecule has 2 aliphatic rings. The molecule has 1 heterocycles. The van der Waals surface area contributed by atoms with Crippen molar-refractivity contribution in [3.63, 3.8) is 0 Å². The van der Waals surface area contributed by atoms with Crippen LogP contribution < -0.4 is 5.32 Å². The van der Waals surface area contributed by atoms with Gasteiger partial charge in [-0.25, -0.2) is 0 Å². The smallest absolute Gasteiger partial charge is 0.318 e. The summed E-state index contributed by atoms with van der Waals surface area (Å²) in [5.41, 5.74) is -0.0300. The van der Waals surface area contributed by atoms with E-state index in [9.17, 15) is 14.4 Å². The number of esters is 1. The number of nitrogens with one attached hydrogen (secondary N) is 1. The van der Waals surface area contributed by atoms with Gasteiger partial charge in [-0.2, -0.15) is 0 Å². The van der Waals surface area contributed by atoms with Gasteiger partial charge in [0.2, 0.25) is 11.8 Å². The van der Waals surface area contributed by atoms with Gasteiger partial charge in [-0.15, -0.1) is 6.42 Å². The molecule has 6 nitrogen and oxygen atoms in total. The monoisotopic (exact) mass is 430 g/mol. The Balaban J connectivity index is 2.22. The number of carbonyl (C=O) groups is 3. The maximum absolute atomic E-state index is 13.4. The van der Waals surface area contributed by atoms with Gasteiger partial charge < -0.3 is 15.0 Å². The summed E-state index contributed by atoms with van der Waals surface area (Å²) < 4.78 is 5.47. The second-order valence-electron chi connectivity index (χ2n) is 8.63. The lowest BCUT2D eigenvalue weighted by Gasteiger charge is -2.48. The fraction of sp³-hybridized carbons (Fsp3) is 0.720. The molecule has 1 saturated heterocycles. The second kappa shape index (κ2) is 12.5. The normalized spacial score (nSPS) is 22.9. The molecule has 0 aromatic rings. The third-order valence-electron chi connectivity index (χ3n) is 6.36. The Kier molecular flexibility index (Phi) is 10.1. The average molecular weight is 431 g/mol. The molecule has 1 N–H and O–H groups in total. The van der Waals surface area contributed by atoms with E-state index in [0.717, 1.165) is 37.8 Å². The van der Waals surface area contributed by atoms with Gasteiger partial charge >= 0.3 is 5.97 Å². The average Bonchev–Trinajstić information content (AvgIpc) is 2.76. The number of rotatable bonds is 12. The van der Waals surface area contributed by atoms with Crippen LogP contribution in [-0.2, 0) is 19.1 Å². The van der Waals surface area contributed by atoms with Gasteiger partial charge in [0.05, 0.1) is 13.2 Å². The predicted octanol–water partition coefficient (Wildman–Crippen LogP) is 3.95. The number of fused-ring (bicyclic) bond motifs is 1. The van der Waals surface area contributed by atoms with Crippen molar-refractivity contribution < 1.29 is 19.1 Å². The lowest BCUT2D eigenvalue weighted by Crippen LogP contribution is -2.54. The van der Waals surface area contributed by atoms with Crippen LogP contribution in [0.3, 0.4) is 0 Å². The second-order valence-corrected chi connectivity index (χ2v) is 8.63. The van der Waals surface area contributed by atoms with Crippen LogP contribution in [-0.4, -0.2) is 42.4 Å². The highest BCUT2D eigenvalue weighted by Crippen LogP contribution is 2.50. The molecule has 172 valence electrons. The Labute approximate surface area is 187 Å². The number of piperidine rings is 1. The van der Waals surface area contributed by atoms with Gasteiger partial charge in [0.15, 0.2) is 0 Å². The molecule has 0 aromatic heterocycles.